The van der Waals surface area contributed by atoms with Crippen LogP contribution in [-0.4, -0.2) is 34.4 Å². The van der Waals surface area contributed by atoms with Crippen molar-refractivity contribution in [1.82, 2.24) is 0 Å². The van der Waals surface area contributed by atoms with Crippen LogP contribution in [0.2, 0.25) is 0 Å². The van der Waals surface area contributed by atoms with E-state index in [9.17, 15) is 19.8 Å². The summed E-state index contributed by atoms with van der Waals surface area (Å²) in [6.07, 6.45) is 1.55. The molecule has 3 atom stereocenters. The molecule has 3 aliphatic rings. The Morgan fingerprint density at radius 1 is 1.25 bits per heavy atom. The first-order valence-corrected chi connectivity index (χ1v) is 5.65. The highest BCUT2D eigenvalue weighted by Crippen LogP contribution is 2.60. The molecule has 3 rings (SSSR count). The lowest BCUT2D eigenvalue weighted by Crippen LogP contribution is -2.63. The summed E-state index contributed by atoms with van der Waals surface area (Å²) in [5.74, 6) is -3.95. The van der Waals surface area contributed by atoms with Crippen molar-refractivity contribution in [3.05, 3.63) is 0 Å². The third-order valence-corrected chi connectivity index (χ3v) is 4.57. The molecule has 0 radical (unpaired) electrons. The summed E-state index contributed by atoms with van der Waals surface area (Å²) < 4.78 is 4.97. The van der Waals surface area contributed by atoms with Crippen molar-refractivity contribution in [2.45, 2.75) is 31.5 Å². The van der Waals surface area contributed by atoms with Gasteiger partial charge in [0, 0.05) is 6.42 Å². The number of ketones is 1. The number of carbonyl (C=O) groups is 2. The number of carbonyl (C=O) groups excluding carboxylic acids is 2. The normalized spacial score (nSPS) is 45.1. The van der Waals surface area contributed by atoms with Crippen LogP contribution in [0.5, 0.6) is 0 Å². The molecule has 0 aromatic heterocycles. The van der Waals surface area contributed by atoms with Gasteiger partial charge in [-0.25, -0.2) is 0 Å². The molecular weight excluding hydrogens is 212 g/mol. The van der Waals surface area contributed by atoms with Crippen LogP contribution in [0.15, 0.2) is 0 Å². The average molecular weight is 226 g/mol. The Hall–Kier alpha value is -0.940. The molecule has 0 amide bonds. The zero-order chi connectivity index (χ0) is 11.6. The van der Waals surface area contributed by atoms with Gasteiger partial charge in [0.25, 0.3) is 0 Å². The highest BCUT2D eigenvalue weighted by atomic mass is 16.6. The van der Waals surface area contributed by atoms with Crippen LogP contribution in [0.25, 0.3) is 0 Å². The van der Waals surface area contributed by atoms with Gasteiger partial charge in [0.1, 0.15) is 11.2 Å². The van der Waals surface area contributed by atoms with Crippen LogP contribution >= 0.6 is 0 Å². The molecule has 5 nitrogen and oxygen atoms in total. The molecule has 5 heteroatoms. The summed E-state index contributed by atoms with van der Waals surface area (Å²) in [6, 6.07) is 0. The molecule has 1 aliphatic heterocycles. The molecule has 16 heavy (non-hydrogen) atoms. The highest BCUT2D eigenvalue weighted by Gasteiger charge is 2.72. The number of aliphatic hydroxyl groups is 2. The third-order valence-electron chi connectivity index (χ3n) is 4.57. The van der Waals surface area contributed by atoms with E-state index >= 15 is 0 Å². The minimum atomic E-state index is -2.20. The van der Waals surface area contributed by atoms with Gasteiger partial charge in [-0.05, 0) is 25.2 Å². The van der Waals surface area contributed by atoms with Gasteiger partial charge in [-0.1, -0.05) is 0 Å². The van der Waals surface area contributed by atoms with Gasteiger partial charge >= 0.3 is 5.97 Å². The molecule has 1 saturated heterocycles. The van der Waals surface area contributed by atoms with Crippen LogP contribution in [0.3, 0.4) is 0 Å². The molecule has 2 aliphatic carbocycles. The summed E-state index contributed by atoms with van der Waals surface area (Å²) in [7, 11) is 0. The fraction of sp³-hybridized carbons (Fsp3) is 0.818. The molecule has 2 saturated carbocycles. The molecule has 0 unspecified atom stereocenters. The van der Waals surface area contributed by atoms with Crippen molar-refractivity contribution in [3.8, 4) is 0 Å². The second-order valence-electron chi connectivity index (χ2n) is 5.08. The van der Waals surface area contributed by atoms with E-state index in [1.54, 1.807) is 0 Å². The third kappa shape index (κ3) is 0.895. The number of Topliss-reactive ketones (excluding diaryl/α,β-unsaturated/α-hetero) is 1. The molecule has 2 bridgehead atoms. The zero-order valence-corrected chi connectivity index (χ0v) is 8.81. The van der Waals surface area contributed by atoms with E-state index in [0.29, 0.717) is 19.3 Å². The van der Waals surface area contributed by atoms with Crippen LogP contribution in [0, 0.1) is 17.3 Å². The van der Waals surface area contributed by atoms with E-state index in [0.717, 1.165) is 0 Å². The van der Waals surface area contributed by atoms with Crippen molar-refractivity contribution < 1.29 is 24.5 Å². The number of ether oxygens (including phenoxy) is 1. The van der Waals surface area contributed by atoms with Crippen molar-refractivity contribution in [3.63, 3.8) is 0 Å². The zero-order valence-electron chi connectivity index (χ0n) is 8.81. The summed E-state index contributed by atoms with van der Waals surface area (Å²) in [6.45, 7) is 0.277. The minimum absolute atomic E-state index is 0.127. The quantitative estimate of drug-likeness (QED) is 0.433. The first-order valence-electron chi connectivity index (χ1n) is 5.65. The van der Waals surface area contributed by atoms with Crippen molar-refractivity contribution >= 4 is 11.8 Å². The van der Waals surface area contributed by atoms with Crippen molar-refractivity contribution in [2.75, 3.05) is 6.61 Å². The van der Waals surface area contributed by atoms with Crippen LogP contribution < -0.4 is 0 Å². The molecule has 1 heterocycles. The number of esters is 1. The molecule has 3 fully saturated rings. The predicted molar refractivity (Wildman–Crippen MR) is 51.0 cm³/mol. The second-order valence-corrected chi connectivity index (χ2v) is 5.08. The van der Waals surface area contributed by atoms with E-state index in [-0.39, 0.29) is 24.7 Å². The molecule has 2 N–H and O–H groups in total. The number of rotatable bonds is 0. The Balaban J connectivity index is 2.14. The molecule has 0 aromatic rings. The van der Waals surface area contributed by atoms with Crippen LogP contribution in [0.1, 0.15) is 25.7 Å². The Labute approximate surface area is 92.4 Å². The number of cyclic esters (lactones) is 1. The Bertz CT molecular complexity index is 375. The van der Waals surface area contributed by atoms with Gasteiger partial charge in [-0.15, -0.1) is 0 Å². The summed E-state index contributed by atoms with van der Waals surface area (Å²) >= 11 is 0. The van der Waals surface area contributed by atoms with E-state index in [1.165, 1.54) is 0 Å². The van der Waals surface area contributed by atoms with E-state index in [4.69, 9.17) is 4.74 Å². The Kier molecular flexibility index (Phi) is 1.82. The minimum Gasteiger partial charge on any atom is -0.465 e. The molecular formula is C11H14O5. The Morgan fingerprint density at radius 3 is 2.75 bits per heavy atom. The number of fused-ring (bicyclic) bond motifs is 1. The first-order chi connectivity index (χ1) is 7.50. The van der Waals surface area contributed by atoms with E-state index in [2.05, 4.69) is 0 Å². The second kappa shape index (κ2) is 2.84. The van der Waals surface area contributed by atoms with Gasteiger partial charge in [0.05, 0.1) is 12.5 Å². The summed E-state index contributed by atoms with van der Waals surface area (Å²) in [5, 5.41) is 20.3. The molecule has 1 spiro atoms. The largest absolute Gasteiger partial charge is 0.465 e. The smallest absolute Gasteiger partial charge is 0.317 e. The molecule has 0 aromatic carbocycles. The van der Waals surface area contributed by atoms with Gasteiger partial charge in [-0.2, -0.15) is 0 Å². The lowest BCUT2D eigenvalue weighted by molar-refractivity contribution is -0.280. The topological polar surface area (TPSA) is 83.8 Å². The highest BCUT2D eigenvalue weighted by molar-refractivity contribution is 5.90. The van der Waals surface area contributed by atoms with Crippen molar-refractivity contribution in [1.29, 1.82) is 0 Å². The SMILES string of the molecule is O=C1C[C@H]2CCOC(=O)[C@]23CC[C@@H]1C3(O)O. The van der Waals surface area contributed by atoms with Gasteiger partial charge in [0.15, 0.2) is 5.79 Å². The number of hydrogen-bond acceptors (Lipinski definition) is 5. The molecule has 88 valence electrons. The predicted octanol–water partition coefficient (Wildman–Crippen LogP) is -0.400. The Morgan fingerprint density at radius 2 is 2.00 bits per heavy atom. The number of hydrogen-bond donors (Lipinski definition) is 2. The standard InChI is InChI=1S/C11H14O5/c12-8-5-6-2-4-16-9(13)10(6)3-1-7(8)11(10,14)15/h6-7,14-15H,1-5H2/t6-,7+,10+/m1/s1. The average Bonchev–Trinajstić information content (AvgIpc) is 2.38. The summed E-state index contributed by atoms with van der Waals surface area (Å²) in [4.78, 5) is 23.6. The fourth-order valence-corrected chi connectivity index (χ4v) is 3.71. The maximum Gasteiger partial charge on any atom is 0.317 e. The maximum absolute atomic E-state index is 11.9. The summed E-state index contributed by atoms with van der Waals surface area (Å²) in [5.41, 5.74) is -1.25. The van der Waals surface area contributed by atoms with Crippen LogP contribution in [-0.2, 0) is 14.3 Å². The first kappa shape index (κ1) is 10.2. The van der Waals surface area contributed by atoms with Crippen molar-refractivity contribution in [2.24, 2.45) is 17.3 Å². The lowest BCUT2D eigenvalue weighted by Gasteiger charge is -2.49. The fourth-order valence-electron chi connectivity index (χ4n) is 3.71. The monoisotopic (exact) mass is 226 g/mol. The van der Waals surface area contributed by atoms with Gasteiger partial charge < -0.3 is 14.9 Å². The van der Waals surface area contributed by atoms with Crippen LogP contribution in [0.4, 0.5) is 0 Å². The van der Waals surface area contributed by atoms with E-state index in [1.807, 2.05) is 0 Å². The maximum atomic E-state index is 11.9. The van der Waals surface area contributed by atoms with E-state index < -0.39 is 23.1 Å². The lowest BCUT2D eigenvalue weighted by atomic mass is 9.61. The van der Waals surface area contributed by atoms with Gasteiger partial charge in [-0.3, -0.25) is 9.59 Å². The van der Waals surface area contributed by atoms with Gasteiger partial charge in [0.2, 0.25) is 0 Å².